The lowest BCUT2D eigenvalue weighted by Gasteiger charge is -2.20. The van der Waals surface area contributed by atoms with Crippen LogP contribution in [-0.2, 0) is 4.74 Å². The molecule has 0 aliphatic rings. The van der Waals surface area contributed by atoms with Crippen molar-refractivity contribution in [2.45, 2.75) is 18.6 Å². The summed E-state index contributed by atoms with van der Waals surface area (Å²) >= 11 is 3.20. The molecule has 0 saturated heterocycles. The topological polar surface area (TPSA) is 76.0 Å². The van der Waals surface area contributed by atoms with Gasteiger partial charge >= 0.3 is 5.97 Å². The largest absolute Gasteiger partial charge is 0.496 e. The van der Waals surface area contributed by atoms with Crippen molar-refractivity contribution in [2.24, 2.45) is 0 Å². The van der Waals surface area contributed by atoms with Gasteiger partial charge < -0.3 is 19.7 Å². The van der Waals surface area contributed by atoms with Gasteiger partial charge in [-0.3, -0.25) is 0 Å². The van der Waals surface area contributed by atoms with Crippen LogP contribution >= 0.6 is 15.9 Å². The minimum absolute atomic E-state index is 0.295. The highest BCUT2D eigenvalue weighted by Gasteiger charge is 2.23. The summed E-state index contributed by atoms with van der Waals surface area (Å²) < 4.78 is 9.75. The normalized spacial score (nSPS) is 13.7. The lowest BCUT2D eigenvalue weighted by Crippen LogP contribution is -2.19. The molecule has 0 spiro atoms. The number of benzene rings is 1. The van der Waals surface area contributed by atoms with E-state index in [-0.39, 0.29) is 0 Å². The average Bonchev–Trinajstić information content (AvgIpc) is 2.45. The van der Waals surface area contributed by atoms with Crippen LogP contribution in [0.5, 0.6) is 5.75 Å². The van der Waals surface area contributed by atoms with E-state index in [1.54, 1.807) is 6.07 Å². The minimum Gasteiger partial charge on any atom is -0.496 e. The van der Waals surface area contributed by atoms with Crippen LogP contribution in [0.25, 0.3) is 0 Å². The third kappa shape index (κ3) is 3.92. The number of hydrogen-bond donors (Lipinski definition) is 2. The predicted molar refractivity (Wildman–Crippen MR) is 73.7 cm³/mol. The number of aliphatic hydroxyl groups excluding tert-OH is 2. The minimum atomic E-state index is -1.13. The number of ether oxygens (including phenoxy) is 2. The van der Waals surface area contributed by atoms with Crippen molar-refractivity contribution in [2.75, 3.05) is 19.5 Å². The van der Waals surface area contributed by atoms with Crippen LogP contribution in [0, 0.1) is 0 Å². The van der Waals surface area contributed by atoms with Crippen molar-refractivity contribution >= 4 is 21.9 Å². The van der Waals surface area contributed by atoms with Crippen molar-refractivity contribution in [3.05, 3.63) is 29.3 Å². The molecular formula is C13H17BrO5. The van der Waals surface area contributed by atoms with Crippen molar-refractivity contribution < 1.29 is 24.5 Å². The van der Waals surface area contributed by atoms with Crippen LogP contribution in [-0.4, -0.2) is 41.8 Å². The Morgan fingerprint density at radius 1 is 1.37 bits per heavy atom. The van der Waals surface area contributed by atoms with Gasteiger partial charge in [0.05, 0.1) is 25.9 Å². The van der Waals surface area contributed by atoms with Crippen LogP contribution in [0.2, 0.25) is 0 Å². The summed E-state index contributed by atoms with van der Waals surface area (Å²) in [5.74, 6) is -0.0974. The van der Waals surface area contributed by atoms with E-state index in [1.165, 1.54) is 26.4 Å². The maximum Gasteiger partial charge on any atom is 0.337 e. The Morgan fingerprint density at radius 3 is 2.58 bits per heavy atom. The zero-order chi connectivity index (χ0) is 14.4. The number of carbonyl (C=O) groups excluding carboxylic acids is 1. The maximum absolute atomic E-state index is 11.5. The standard InChI is InChI=1S/C13H17BrO5/c1-18-11-4-3-8(13(17)19-2)7-9(11)12(16)10(15)5-6-14/h3-4,7,10,12,15-16H,5-6H2,1-2H3. The highest BCUT2D eigenvalue weighted by atomic mass is 79.9. The molecule has 2 unspecified atom stereocenters. The molecule has 0 radical (unpaired) electrons. The van der Waals surface area contributed by atoms with Gasteiger partial charge in [-0.15, -0.1) is 0 Å². The molecular weight excluding hydrogens is 316 g/mol. The number of carbonyl (C=O) groups is 1. The number of esters is 1. The van der Waals surface area contributed by atoms with Crippen molar-refractivity contribution in [1.29, 1.82) is 0 Å². The lowest BCUT2D eigenvalue weighted by molar-refractivity contribution is 0.0159. The van der Waals surface area contributed by atoms with Crippen LogP contribution in [0.1, 0.15) is 28.4 Å². The second kappa shape index (κ2) is 7.47. The third-order valence-electron chi connectivity index (χ3n) is 2.74. The monoisotopic (exact) mass is 332 g/mol. The number of rotatable bonds is 6. The lowest BCUT2D eigenvalue weighted by atomic mass is 9.99. The molecule has 2 N–H and O–H groups in total. The zero-order valence-electron chi connectivity index (χ0n) is 10.8. The Kier molecular flexibility index (Phi) is 6.27. The molecule has 1 aromatic carbocycles. The fourth-order valence-corrected chi connectivity index (χ4v) is 2.16. The molecule has 0 aliphatic heterocycles. The number of methoxy groups -OCH3 is 2. The average molecular weight is 333 g/mol. The molecule has 106 valence electrons. The van der Waals surface area contributed by atoms with Gasteiger partial charge in [0, 0.05) is 10.9 Å². The Hall–Kier alpha value is -1.11. The van der Waals surface area contributed by atoms with E-state index in [4.69, 9.17) is 4.74 Å². The molecule has 0 aromatic heterocycles. The second-order valence-electron chi connectivity index (χ2n) is 3.94. The summed E-state index contributed by atoms with van der Waals surface area (Å²) in [5.41, 5.74) is 0.655. The van der Waals surface area contributed by atoms with E-state index >= 15 is 0 Å². The van der Waals surface area contributed by atoms with Gasteiger partial charge in [0.2, 0.25) is 0 Å². The first kappa shape index (κ1) is 15.9. The van der Waals surface area contributed by atoms with Crippen LogP contribution in [0.4, 0.5) is 0 Å². The molecule has 0 bridgehead atoms. The van der Waals surface area contributed by atoms with Gasteiger partial charge in [-0.25, -0.2) is 4.79 Å². The van der Waals surface area contributed by atoms with E-state index in [2.05, 4.69) is 20.7 Å². The molecule has 19 heavy (non-hydrogen) atoms. The highest BCUT2D eigenvalue weighted by Crippen LogP contribution is 2.29. The molecule has 2 atom stereocenters. The third-order valence-corrected chi connectivity index (χ3v) is 3.20. The molecule has 6 heteroatoms. The Morgan fingerprint density at radius 2 is 2.05 bits per heavy atom. The molecule has 0 fully saturated rings. The van der Waals surface area contributed by atoms with Gasteiger partial charge in [0.25, 0.3) is 0 Å². The van der Waals surface area contributed by atoms with E-state index in [0.717, 1.165) is 0 Å². The van der Waals surface area contributed by atoms with Gasteiger partial charge in [-0.1, -0.05) is 15.9 Å². The first-order chi connectivity index (χ1) is 9.04. The van der Waals surface area contributed by atoms with E-state index in [0.29, 0.717) is 28.6 Å². The fraction of sp³-hybridized carbons (Fsp3) is 0.462. The van der Waals surface area contributed by atoms with Crippen LogP contribution in [0.15, 0.2) is 18.2 Å². The molecule has 0 aliphatic carbocycles. The van der Waals surface area contributed by atoms with E-state index < -0.39 is 18.2 Å². The molecule has 0 saturated carbocycles. The molecule has 0 heterocycles. The summed E-state index contributed by atoms with van der Waals surface area (Å²) in [4.78, 5) is 11.5. The summed E-state index contributed by atoms with van der Waals surface area (Å²) in [5, 5.41) is 20.5. The first-order valence-corrected chi connectivity index (χ1v) is 6.85. The SMILES string of the molecule is COC(=O)c1ccc(OC)c(C(O)C(O)CCBr)c1. The Balaban J connectivity index is 3.11. The van der Waals surface area contributed by atoms with Crippen molar-refractivity contribution in [3.8, 4) is 5.75 Å². The van der Waals surface area contributed by atoms with Crippen LogP contribution < -0.4 is 4.74 Å². The Bertz CT molecular complexity index is 435. The quantitative estimate of drug-likeness (QED) is 0.612. The summed E-state index contributed by atoms with van der Waals surface area (Å²) in [6, 6.07) is 4.57. The molecule has 5 nitrogen and oxygen atoms in total. The van der Waals surface area contributed by atoms with Gasteiger partial charge in [0.15, 0.2) is 0 Å². The van der Waals surface area contributed by atoms with Gasteiger partial charge in [0.1, 0.15) is 11.9 Å². The summed E-state index contributed by atoms with van der Waals surface area (Å²) in [7, 11) is 2.74. The Labute approximate surface area is 120 Å². The number of alkyl halides is 1. The van der Waals surface area contributed by atoms with Gasteiger partial charge in [-0.05, 0) is 24.6 Å². The maximum atomic E-state index is 11.5. The number of aliphatic hydroxyl groups is 2. The van der Waals surface area contributed by atoms with E-state index in [1.807, 2.05) is 0 Å². The summed E-state index contributed by atoms with van der Waals surface area (Å²) in [6.45, 7) is 0. The van der Waals surface area contributed by atoms with Gasteiger partial charge in [-0.2, -0.15) is 0 Å². The number of hydrogen-bond acceptors (Lipinski definition) is 5. The van der Waals surface area contributed by atoms with Crippen molar-refractivity contribution in [1.82, 2.24) is 0 Å². The smallest absolute Gasteiger partial charge is 0.337 e. The fourth-order valence-electron chi connectivity index (χ4n) is 1.69. The number of halogens is 1. The first-order valence-electron chi connectivity index (χ1n) is 5.73. The van der Waals surface area contributed by atoms with Crippen LogP contribution in [0.3, 0.4) is 0 Å². The molecule has 0 amide bonds. The second-order valence-corrected chi connectivity index (χ2v) is 4.73. The highest BCUT2D eigenvalue weighted by molar-refractivity contribution is 9.09. The zero-order valence-corrected chi connectivity index (χ0v) is 12.4. The van der Waals surface area contributed by atoms with E-state index in [9.17, 15) is 15.0 Å². The van der Waals surface area contributed by atoms with Crippen molar-refractivity contribution in [3.63, 3.8) is 0 Å². The summed E-state index contributed by atoms with van der Waals surface area (Å²) in [6.07, 6.45) is -1.69. The predicted octanol–water partition coefficient (Wildman–Crippen LogP) is 1.66. The molecule has 1 rings (SSSR count). The molecule has 1 aromatic rings.